The van der Waals surface area contributed by atoms with Crippen molar-refractivity contribution in [2.75, 3.05) is 10.6 Å². The highest BCUT2D eigenvalue weighted by atomic mass is 35.5. The SMILES string of the molecule is CC(C)(C)Nc1c(Nc2cc(Cl)ncn2)c(=O)c1=O. The van der Waals surface area contributed by atoms with Crippen molar-refractivity contribution in [1.29, 1.82) is 0 Å². The van der Waals surface area contributed by atoms with Gasteiger partial charge in [-0.15, -0.1) is 0 Å². The van der Waals surface area contributed by atoms with E-state index in [-0.39, 0.29) is 22.1 Å². The van der Waals surface area contributed by atoms with E-state index in [4.69, 9.17) is 11.6 Å². The van der Waals surface area contributed by atoms with E-state index in [0.29, 0.717) is 5.82 Å². The Morgan fingerprint density at radius 1 is 1.11 bits per heavy atom. The number of aromatic nitrogens is 2. The number of nitrogens with zero attached hydrogens (tertiary/aromatic N) is 2. The maximum atomic E-state index is 11.6. The molecule has 0 aliphatic rings. The summed E-state index contributed by atoms with van der Waals surface area (Å²) in [5.74, 6) is 0.365. The first kappa shape index (κ1) is 13.5. The highest BCUT2D eigenvalue weighted by Crippen LogP contribution is 2.23. The van der Waals surface area contributed by atoms with Gasteiger partial charge in [-0.1, -0.05) is 11.6 Å². The second-order valence-corrected chi connectivity index (χ2v) is 5.52. The molecule has 2 N–H and O–H groups in total. The van der Waals surface area contributed by atoms with Crippen LogP contribution in [0.4, 0.5) is 17.2 Å². The fourth-order valence-electron chi connectivity index (χ4n) is 1.54. The van der Waals surface area contributed by atoms with Gasteiger partial charge in [-0.05, 0) is 20.8 Å². The van der Waals surface area contributed by atoms with E-state index >= 15 is 0 Å². The summed E-state index contributed by atoms with van der Waals surface area (Å²) >= 11 is 5.72. The molecule has 0 saturated carbocycles. The Kier molecular flexibility index (Phi) is 3.28. The molecule has 0 amide bonds. The predicted molar refractivity (Wildman–Crippen MR) is 75.1 cm³/mol. The van der Waals surface area contributed by atoms with Gasteiger partial charge in [0, 0.05) is 11.6 Å². The third kappa shape index (κ3) is 2.90. The quantitative estimate of drug-likeness (QED) is 0.657. The van der Waals surface area contributed by atoms with Crippen molar-refractivity contribution >= 4 is 28.8 Å². The van der Waals surface area contributed by atoms with Crippen molar-refractivity contribution in [1.82, 2.24) is 9.97 Å². The summed E-state index contributed by atoms with van der Waals surface area (Å²) in [6, 6.07) is 1.47. The molecule has 2 aromatic rings. The molecule has 2 rings (SSSR count). The average molecular weight is 281 g/mol. The maximum absolute atomic E-state index is 11.6. The van der Waals surface area contributed by atoms with Gasteiger partial charge in [0.25, 0.3) is 10.9 Å². The van der Waals surface area contributed by atoms with Crippen LogP contribution in [0.3, 0.4) is 0 Å². The zero-order valence-electron chi connectivity index (χ0n) is 10.7. The molecule has 0 aliphatic carbocycles. The van der Waals surface area contributed by atoms with E-state index < -0.39 is 10.9 Å². The summed E-state index contributed by atoms with van der Waals surface area (Å²) in [7, 11) is 0. The number of hydrogen-bond acceptors (Lipinski definition) is 6. The molecule has 0 atom stereocenters. The molecular weight excluding hydrogens is 268 g/mol. The molecule has 0 saturated heterocycles. The van der Waals surface area contributed by atoms with Crippen LogP contribution in [0.2, 0.25) is 5.15 Å². The number of anilines is 3. The lowest BCUT2D eigenvalue weighted by molar-refractivity contribution is 0.632. The Bertz CT molecular complexity index is 684. The molecular formula is C12H13ClN4O2. The summed E-state index contributed by atoms with van der Waals surface area (Å²) in [5, 5.41) is 6.03. The molecule has 7 heteroatoms. The molecule has 0 radical (unpaired) electrons. The number of hydrogen-bond donors (Lipinski definition) is 2. The topological polar surface area (TPSA) is 84.0 Å². The van der Waals surface area contributed by atoms with E-state index in [2.05, 4.69) is 20.6 Å². The summed E-state index contributed by atoms with van der Waals surface area (Å²) < 4.78 is 0. The predicted octanol–water partition coefficient (Wildman–Crippen LogP) is 1.68. The van der Waals surface area contributed by atoms with E-state index in [1.807, 2.05) is 20.8 Å². The maximum Gasteiger partial charge on any atom is 0.253 e. The molecule has 0 fully saturated rings. The summed E-state index contributed by atoms with van der Waals surface area (Å²) in [6.45, 7) is 5.69. The van der Waals surface area contributed by atoms with Crippen LogP contribution >= 0.6 is 11.6 Å². The van der Waals surface area contributed by atoms with Crippen LogP contribution in [0.5, 0.6) is 0 Å². The van der Waals surface area contributed by atoms with Crippen LogP contribution in [0.15, 0.2) is 22.0 Å². The zero-order chi connectivity index (χ0) is 14.2. The molecule has 19 heavy (non-hydrogen) atoms. The lowest BCUT2D eigenvalue weighted by Gasteiger charge is -2.24. The Balaban J connectivity index is 2.29. The molecule has 0 aliphatic heterocycles. The van der Waals surface area contributed by atoms with Gasteiger partial charge < -0.3 is 10.6 Å². The first-order valence-electron chi connectivity index (χ1n) is 5.64. The molecule has 100 valence electrons. The highest BCUT2D eigenvalue weighted by molar-refractivity contribution is 6.29. The summed E-state index contributed by atoms with van der Waals surface area (Å²) in [5.41, 5.74) is -0.942. The molecule has 0 spiro atoms. The molecule has 6 nitrogen and oxygen atoms in total. The van der Waals surface area contributed by atoms with Gasteiger partial charge in [0.05, 0.1) is 0 Å². The zero-order valence-corrected chi connectivity index (χ0v) is 11.5. The Labute approximate surface area is 114 Å². The van der Waals surface area contributed by atoms with Gasteiger partial charge in [-0.25, -0.2) is 9.97 Å². The fraction of sp³-hybridized carbons (Fsp3) is 0.333. The largest absolute Gasteiger partial charge is 0.375 e. The van der Waals surface area contributed by atoms with Crippen LogP contribution in [0.25, 0.3) is 0 Å². The first-order valence-corrected chi connectivity index (χ1v) is 6.02. The summed E-state index contributed by atoms with van der Waals surface area (Å²) in [6.07, 6.45) is 1.27. The monoisotopic (exact) mass is 280 g/mol. The smallest absolute Gasteiger partial charge is 0.253 e. The van der Waals surface area contributed by atoms with E-state index in [9.17, 15) is 9.59 Å². The Morgan fingerprint density at radius 3 is 2.32 bits per heavy atom. The van der Waals surface area contributed by atoms with E-state index in [1.165, 1.54) is 12.4 Å². The highest BCUT2D eigenvalue weighted by Gasteiger charge is 2.24. The third-order valence-electron chi connectivity index (χ3n) is 2.30. The van der Waals surface area contributed by atoms with Crippen LogP contribution in [-0.2, 0) is 0 Å². The standard InChI is InChI=1S/C12H13ClN4O2/c1-12(2,3)17-9-8(10(18)11(9)19)16-7-4-6(13)14-5-15-7/h4-5,17H,1-3H3,(H,14,15,16). The number of halogens is 1. The van der Waals surface area contributed by atoms with Gasteiger partial charge in [-0.3, -0.25) is 9.59 Å². The molecule has 1 aromatic heterocycles. The first-order chi connectivity index (χ1) is 8.78. The van der Waals surface area contributed by atoms with Crippen LogP contribution in [0.1, 0.15) is 20.8 Å². The number of rotatable bonds is 3. The van der Waals surface area contributed by atoms with Crippen molar-refractivity contribution in [2.45, 2.75) is 26.3 Å². The van der Waals surface area contributed by atoms with Crippen molar-refractivity contribution in [3.63, 3.8) is 0 Å². The lowest BCUT2D eigenvalue weighted by atomic mass is 10.1. The van der Waals surface area contributed by atoms with Crippen molar-refractivity contribution < 1.29 is 0 Å². The van der Waals surface area contributed by atoms with E-state index in [0.717, 1.165) is 0 Å². The second kappa shape index (κ2) is 4.62. The second-order valence-electron chi connectivity index (χ2n) is 5.13. The normalized spacial score (nSPS) is 11.6. The summed E-state index contributed by atoms with van der Waals surface area (Å²) in [4.78, 5) is 30.8. The molecule has 0 unspecified atom stereocenters. The van der Waals surface area contributed by atoms with Gasteiger partial charge in [-0.2, -0.15) is 0 Å². The molecule has 0 bridgehead atoms. The van der Waals surface area contributed by atoms with Gasteiger partial charge in [0.15, 0.2) is 0 Å². The van der Waals surface area contributed by atoms with Crippen LogP contribution in [-0.4, -0.2) is 15.5 Å². The fourth-order valence-corrected chi connectivity index (χ4v) is 1.68. The number of nitrogens with one attached hydrogen (secondary N) is 2. The van der Waals surface area contributed by atoms with Crippen LogP contribution in [0, 0.1) is 0 Å². The minimum absolute atomic E-state index is 0.203. The van der Waals surface area contributed by atoms with Crippen molar-refractivity contribution in [3.05, 3.63) is 38.0 Å². The van der Waals surface area contributed by atoms with Gasteiger partial charge in [0.2, 0.25) is 0 Å². The van der Waals surface area contributed by atoms with E-state index in [1.54, 1.807) is 0 Å². The van der Waals surface area contributed by atoms with Gasteiger partial charge >= 0.3 is 0 Å². The Hall–Kier alpha value is -1.95. The van der Waals surface area contributed by atoms with Crippen LogP contribution < -0.4 is 21.5 Å². The Morgan fingerprint density at radius 2 is 1.74 bits per heavy atom. The molecule has 1 heterocycles. The molecule has 1 aromatic carbocycles. The van der Waals surface area contributed by atoms with Gasteiger partial charge in [0.1, 0.15) is 28.7 Å². The van der Waals surface area contributed by atoms with Crippen molar-refractivity contribution in [3.8, 4) is 0 Å². The average Bonchev–Trinajstić information content (AvgIpc) is 2.32. The van der Waals surface area contributed by atoms with Crippen molar-refractivity contribution in [2.24, 2.45) is 0 Å². The minimum atomic E-state index is -0.568. The lowest BCUT2D eigenvalue weighted by Crippen LogP contribution is -2.41. The minimum Gasteiger partial charge on any atom is -0.375 e. The third-order valence-corrected chi connectivity index (χ3v) is 2.50.